The molecule has 0 spiro atoms. The van der Waals surface area contributed by atoms with Gasteiger partial charge in [0.05, 0.1) is 0 Å². The van der Waals surface area contributed by atoms with Crippen LogP contribution in [0.1, 0.15) is 0 Å². The average Bonchev–Trinajstić information content (AvgIpc) is 1.63. The van der Waals surface area contributed by atoms with Gasteiger partial charge >= 0.3 is 11.5 Å². The van der Waals surface area contributed by atoms with Crippen LogP contribution >= 0.6 is 11.6 Å². The maximum atomic E-state index is 10.0. The van der Waals surface area contributed by atoms with Crippen molar-refractivity contribution in [1.82, 2.24) is 10.4 Å². The fourth-order valence-corrected chi connectivity index (χ4v) is 0.230. The molecule has 0 fully saturated rings. The Balaban J connectivity index is 3.63. The molecule has 0 aliphatic rings. The molecule has 0 atom stereocenters. The van der Waals surface area contributed by atoms with Crippen molar-refractivity contribution in [3.05, 3.63) is 0 Å². The number of rotatable bonds is 0. The van der Waals surface area contributed by atoms with Crippen LogP contribution in [0.25, 0.3) is 0 Å². The molecule has 5 nitrogen and oxygen atoms in total. The molecule has 2 N–H and O–H groups in total. The molecule has 0 radical (unpaired) electrons. The summed E-state index contributed by atoms with van der Waals surface area (Å²) in [5.74, 6) is 0. The molecular weight excluding hydrogens is 147 g/mol. The summed E-state index contributed by atoms with van der Waals surface area (Å²) in [6.07, 6.45) is -1.33. The van der Waals surface area contributed by atoms with E-state index >= 15 is 0 Å². The molecule has 0 bridgehead atoms. The second-order valence-electron chi connectivity index (χ2n) is 1.23. The second kappa shape index (κ2) is 3.13. The van der Waals surface area contributed by atoms with Crippen molar-refractivity contribution < 1.29 is 14.7 Å². The zero-order valence-corrected chi connectivity index (χ0v) is 5.34. The van der Waals surface area contributed by atoms with Gasteiger partial charge in [0, 0.05) is 7.05 Å². The first-order valence-corrected chi connectivity index (χ1v) is 2.34. The SMILES string of the molecule is CN(NC(=O)O)C(=O)Cl. The molecule has 0 saturated carbocycles. The minimum atomic E-state index is -1.33. The van der Waals surface area contributed by atoms with E-state index in [-0.39, 0.29) is 0 Å². The predicted molar refractivity (Wildman–Crippen MR) is 30.2 cm³/mol. The van der Waals surface area contributed by atoms with E-state index in [2.05, 4.69) is 0 Å². The van der Waals surface area contributed by atoms with Crippen LogP contribution < -0.4 is 5.43 Å². The third kappa shape index (κ3) is 3.60. The number of hydrazine groups is 1. The van der Waals surface area contributed by atoms with Crippen molar-refractivity contribution in [3.63, 3.8) is 0 Å². The van der Waals surface area contributed by atoms with Gasteiger partial charge in [-0.25, -0.2) is 15.2 Å². The van der Waals surface area contributed by atoms with Crippen LogP contribution in [0.4, 0.5) is 9.59 Å². The number of nitrogens with zero attached hydrogens (tertiary/aromatic N) is 1. The molecule has 0 aromatic carbocycles. The molecule has 0 aromatic heterocycles. The van der Waals surface area contributed by atoms with Gasteiger partial charge in [0.25, 0.3) is 0 Å². The number of hydrogen-bond acceptors (Lipinski definition) is 2. The highest BCUT2D eigenvalue weighted by Gasteiger charge is 2.05. The van der Waals surface area contributed by atoms with Crippen molar-refractivity contribution in [3.8, 4) is 0 Å². The Labute approximate surface area is 56.2 Å². The van der Waals surface area contributed by atoms with Gasteiger partial charge in [-0.15, -0.1) is 0 Å². The Kier molecular flexibility index (Phi) is 2.80. The number of nitrogens with one attached hydrogen (secondary N) is 1. The van der Waals surface area contributed by atoms with Crippen LogP contribution in [0, 0.1) is 0 Å². The number of carboxylic acid groups (broad SMARTS) is 1. The molecule has 9 heavy (non-hydrogen) atoms. The maximum Gasteiger partial charge on any atom is 0.423 e. The summed E-state index contributed by atoms with van der Waals surface area (Å²) >= 11 is 4.83. The second-order valence-corrected chi connectivity index (χ2v) is 1.55. The predicted octanol–water partition coefficient (Wildman–Crippen LogP) is 0.460. The Morgan fingerprint density at radius 2 is 2.11 bits per heavy atom. The lowest BCUT2D eigenvalue weighted by Gasteiger charge is -2.10. The zero-order valence-electron chi connectivity index (χ0n) is 4.59. The summed E-state index contributed by atoms with van der Waals surface area (Å²) in [5.41, 5.74) is 1.71. The lowest BCUT2D eigenvalue weighted by molar-refractivity contribution is 0.162. The largest absolute Gasteiger partial charge is 0.464 e. The van der Waals surface area contributed by atoms with Crippen LogP contribution in [0.3, 0.4) is 0 Å². The number of carbonyl (C=O) groups is 2. The highest BCUT2D eigenvalue weighted by Crippen LogP contribution is 1.85. The molecule has 0 aromatic rings. The van der Waals surface area contributed by atoms with Gasteiger partial charge in [-0.05, 0) is 11.6 Å². The third-order valence-electron chi connectivity index (χ3n) is 0.527. The number of hydrogen-bond donors (Lipinski definition) is 2. The average molecular weight is 153 g/mol. The Morgan fingerprint density at radius 3 is 2.22 bits per heavy atom. The quantitative estimate of drug-likeness (QED) is 0.301. The molecule has 0 unspecified atom stereocenters. The van der Waals surface area contributed by atoms with Gasteiger partial charge in [0.2, 0.25) is 0 Å². The van der Waals surface area contributed by atoms with Crippen LogP contribution in [0.2, 0.25) is 0 Å². The molecule has 52 valence electrons. The lowest BCUT2D eigenvalue weighted by atomic mass is 11.1. The standard InChI is InChI=1S/C3H5ClN2O3/c1-6(2(4)7)5-3(8)9/h5H,1H3,(H,8,9). The van der Waals surface area contributed by atoms with E-state index in [1.807, 2.05) is 0 Å². The number of carbonyl (C=O) groups excluding carboxylic acids is 1. The Bertz CT molecular complexity index is 137. The highest BCUT2D eigenvalue weighted by atomic mass is 35.5. The van der Waals surface area contributed by atoms with Crippen LogP contribution in [-0.2, 0) is 0 Å². The first-order valence-electron chi connectivity index (χ1n) is 1.97. The molecule has 2 amide bonds. The van der Waals surface area contributed by atoms with Crippen molar-refractivity contribution in [1.29, 1.82) is 0 Å². The van der Waals surface area contributed by atoms with E-state index in [1.165, 1.54) is 7.05 Å². The molecular formula is C3H5ClN2O3. The molecule has 0 aliphatic carbocycles. The summed E-state index contributed by atoms with van der Waals surface area (Å²) in [4.78, 5) is 19.8. The summed E-state index contributed by atoms with van der Waals surface area (Å²) in [6, 6.07) is 0. The fraction of sp³-hybridized carbons (Fsp3) is 0.333. The summed E-state index contributed by atoms with van der Waals surface area (Å²) in [6.45, 7) is 0. The minimum Gasteiger partial charge on any atom is -0.464 e. The van der Waals surface area contributed by atoms with Gasteiger partial charge in [-0.1, -0.05) is 0 Å². The van der Waals surface area contributed by atoms with Gasteiger partial charge < -0.3 is 5.11 Å². The van der Waals surface area contributed by atoms with Crippen LogP contribution in [-0.4, -0.2) is 28.6 Å². The Morgan fingerprint density at radius 1 is 1.67 bits per heavy atom. The Hall–Kier alpha value is -0.970. The topological polar surface area (TPSA) is 69.6 Å². The van der Waals surface area contributed by atoms with Crippen molar-refractivity contribution in [2.45, 2.75) is 0 Å². The van der Waals surface area contributed by atoms with Crippen molar-refractivity contribution >= 4 is 23.1 Å². The number of halogens is 1. The van der Waals surface area contributed by atoms with E-state index in [9.17, 15) is 9.59 Å². The van der Waals surface area contributed by atoms with Crippen LogP contribution in [0.15, 0.2) is 0 Å². The van der Waals surface area contributed by atoms with E-state index in [0.29, 0.717) is 5.01 Å². The molecule has 0 saturated heterocycles. The summed E-state index contributed by atoms with van der Waals surface area (Å²) < 4.78 is 0. The molecule has 6 heteroatoms. The van der Waals surface area contributed by atoms with E-state index in [0.717, 1.165) is 0 Å². The third-order valence-corrected chi connectivity index (χ3v) is 0.781. The maximum absolute atomic E-state index is 10.0. The fourth-order valence-electron chi connectivity index (χ4n) is 0.187. The van der Waals surface area contributed by atoms with Crippen molar-refractivity contribution in [2.75, 3.05) is 7.05 Å². The molecule has 0 heterocycles. The normalized spacial score (nSPS) is 8.22. The summed E-state index contributed by atoms with van der Waals surface area (Å²) in [7, 11) is 1.20. The van der Waals surface area contributed by atoms with Gasteiger partial charge in [0.1, 0.15) is 0 Å². The van der Waals surface area contributed by atoms with Crippen molar-refractivity contribution in [2.24, 2.45) is 0 Å². The van der Waals surface area contributed by atoms with E-state index in [4.69, 9.17) is 16.7 Å². The zero-order chi connectivity index (χ0) is 7.44. The molecule has 0 aliphatic heterocycles. The van der Waals surface area contributed by atoms with Crippen LogP contribution in [0.5, 0.6) is 0 Å². The monoisotopic (exact) mass is 152 g/mol. The van der Waals surface area contributed by atoms with Gasteiger partial charge in [-0.2, -0.15) is 0 Å². The first-order chi connectivity index (χ1) is 4.04. The number of amides is 2. The van der Waals surface area contributed by atoms with Gasteiger partial charge in [0.15, 0.2) is 0 Å². The molecule has 0 rings (SSSR count). The minimum absolute atomic E-state index is 0.643. The summed E-state index contributed by atoms with van der Waals surface area (Å²) in [5, 5.41) is 7.73. The lowest BCUT2D eigenvalue weighted by Crippen LogP contribution is -2.39. The highest BCUT2D eigenvalue weighted by molar-refractivity contribution is 6.62. The van der Waals surface area contributed by atoms with E-state index < -0.39 is 11.5 Å². The smallest absolute Gasteiger partial charge is 0.423 e. The first kappa shape index (κ1) is 8.03. The van der Waals surface area contributed by atoms with E-state index in [1.54, 1.807) is 5.43 Å². The van der Waals surface area contributed by atoms with Gasteiger partial charge in [-0.3, -0.25) is 4.79 Å².